The van der Waals surface area contributed by atoms with Crippen LogP contribution in [0.2, 0.25) is 0 Å². The molecule has 0 unspecified atom stereocenters. The van der Waals surface area contributed by atoms with Gasteiger partial charge in [0.05, 0.1) is 0 Å². The quantitative estimate of drug-likeness (QED) is 0.296. The highest BCUT2D eigenvalue weighted by molar-refractivity contribution is 5.85. The van der Waals surface area contributed by atoms with Gasteiger partial charge in [0.15, 0.2) is 6.61 Å². The summed E-state index contributed by atoms with van der Waals surface area (Å²) in [5.41, 5.74) is 0. The van der Waals surface area contributed by atoms with E-state index >= 15 is 0 Å². The summed E-state index contributed by atoms with van der Waals surface area (Å²) in [6.07, 6.45) is 4.68. The molecule has 0 aromatic carbocycles. The van der Waals surface area contributed by atoms with Crippen LogP contribution in [0.15, 0.2) is 0 Å². The van der Waals surface area contributed by atoms with Crippen LogP contribution in [0.3, 0.4) is 0 Å². The average molecular weight is 121 g/mol. The molecule has 0 atom stereocenters. The first-order valence-corrected chi connectivity index (χ1v) is 1.40. The largest absolute Gasteiger partial charge is 0.455 e. The fourth-order valence-electron chi connectivity index (χ4n) is 0.0821. The molecule has 0 saturated heterocycles. The van der Waals surface area contributed by atoms with Gasteiger partial charge in [-0.25, -0.2) is 0 Å². The van der Waals surface area contributed by atoms with Gasteiger partial charge in [0, 0.05) is 0 Å². The van der Waals surface area contributed by atoms with Gasteiger partial charge in [0.2, 0.25) is 0 Å². The van der Waals surface area contributed by atoms with E-state index in [1.54, 1.807) is 0 Å². The smallest absolute Gasteiger partial charge is 0.294 e. The first-order valence-electron chi connectivity index (χ1n) is 1.40. The molecule has 0 aromatic heterocycles. The van der Waals surface area contributed by atoms with Gasteiger partial charge in [-0.15, -0.1) is 18.8 Å². The highest BCUT2D eigenvalue weighted by atomic mass is 35.5. The molecule has 0 bridgehead atoms. The third-order valence-corrected chi connectivity index (χ3v) is 0.235. The molecule has 40 valence electrons. The van der Waals surface area contributed by atoms with Crippen molar-refractivity contribution in [3.8, 4) is 12.3 Å². The second-order valence-corrected chi connectivity index (χ2v) is 0.611. The predicted octanol–water partition coefficient (Wildman–Crippen LogP) is 0.214. The van der Waals surface area contributed by atoms with Gasteiger partial charge in [-0.3, -0.25) is 4.79 Å². The lowest BCUT2D eigenvalue weighted by atomic mass is 10.8. The normalized spacial score (nSPS) is 5.00. The fraction of sp³-hybridized carbons (Fsp3) is 0.250. The summed E-state index contributed by atoms with van der Waals surface area (Å²) in [6.45, 7) is 0.392. The van der Waals surface area contributed by atoms with E-state index in [4.69, 9.17) is 0 Å². The van der Waals surface area contributed by atoms with Crippen molar-refractivity contribution in [1.29, 1.82) is 0 Å². The van der Waals surface area contributed by atoms with Gasteiger partial charge in [0.1, 0.15) is 0 Å². The van der Waals surface area contributed by atoms with Crippen molar-refractivity contribution in [2.75, 3.05) is 6.61 Å². The third kappa shape index (κ3) is 10.9. The zero-order valence-electron chi connectivity index (χ0n) is 3.59. The molecule has 3 heteroatoms. The molecule has 0 aromatic rings. The molecule has 0 amide bonds. The Morgan fingerprint density at radius 1 is 1.86 bits per heavy atom. The molecule has 0 aliphatic carbocycles. The van der Waals surface area contributed by atoms with Crippen LogP contribution >= 0.6 is 12.4 Å². The van der Waals surface area contributed by atoms with Crippen LogP contribution in [-0.4, -0.2) is 13.1 Å². The Labute approximate surface area is 48.3 Å². The molecule has 0 heterocycles. The maximum atomic E-state index is 9.25. The minimum absolute atomic E-state index is 0. The molecule has 0 spiro atoms. The second-order valence-electron chi connectivity index (χ2n) is 0.611. The van der Waals surface area contributed by atoms with Crippen LogP contribution in [0.5, 0.6) is 0 Å². The summed E-state index contributed by atoms with van der Waals surface area (Å²) in [5, 5.41) is 0. The average Bonchev–Trinajstić information content (AvgIpc) is 1.61. The van der Waals surface area contributed by atoms with E-state index in [0.717, 1.165) is 0 Å². The Kier molecular flexibility index (Phi) is 12.3. The van der Waals surface area contributed by atoms with Crippen LogP contribution in [0.4, 0.5) is 0 Å². The Balaban J connectivity index is 0. The van der Waals surface area contributed by atoms with Crippen molar-refractivity contribution in [2.24, 2.45) is 0 Å². The van der Waals surface area contributed by atoms with E-state index in [0.29, 0.717) is 6.47 Å². The third-order valence-electron chi connectivity index (χ3n) is 0.235. The van der Waals surface area contributed by atoms with Gasteiger partial charge < -0.3 is 4.74 Å². The zero-order valence-corrected chi connectivity index (χ0v) is 4.40. The van der Waals surface area contributed by atoms with Crippen LogP contribution < -0.4 is 0 Å². The minimum Gasteiger partial charge on any atom is -0.455 e. The van der Waals surface area contributed by atoms with Crippen LogP contribution in [-0.2, 0) is 9.53 Å². The number of carbonyl (C=O) groups is 1. The van der Waals surface area contributed by atoms with Crippen molar-refractivity contribution >= 4 is 18.9 Å². The second kappa shape index (κ2) is 9.01. The van der Waals surface area contributed by atoms with Crippen molar-refractivity contribution < 1.29 is 9.53 Å². The summed E-state index contributed by atoms with van der Waals surface area (Å²) in [7, 11) is 0. The monoisotopic (exact) mass is 120 g/mol. The summed E-state index contributed by atoms with van der Waals surface area (Å²) < 4.78 is 4.07. The first-order chi connectivity index (χ1) is 2.91. The minimum atomic E-state index is 0. The summed E-state index contributed by atoms with van der Waals surface area (Å²) in [6, 6.07) is 0. The molecule has 0 fully saturated rings. The van der Waals surface area contributed by atoms with Crippen molar-refractivity contribution in [3.63, 3.8) is 0 Å². The van der Waals surface area contributed by atoms with Gasteiger partial charge >= 0.3 is 0 Å². The molecular formula is C4H5ClO2. The molecular weight excluding hydrogens is 115 g/mol. The molecule has 0 radical (unpaired) electrons. The van der Waals surface area contributed by atoms with Gasteiger partial charge in [-0.05, 0) is 0 Å². The predicted molar refractivity (Wildman–Crippen MR) is 28.1 cm³/mol. The maximum Gasteiger partial charge on any atom is 0.294 e. The summed E-state index contributed by atoms with van der Waals surface area (Å²) >= 11 is 0. The Bertz CT molecular complexity index is 74.2. The number of hydrogen-bond acceptors (Lipinski definition) is 2. The van der Waals surface area contributed by atoms with Crippen molar-refractivity contribution in [3.05, 3.63) is 0 Å². The first kappa shape index (κ1) is 9.58. The van der Waals surface area contributed by atoms with Crippen molar-refractivity contribution in [2.45, 2.75) is 0 Å². The lowest BCUT2D eigenvalue weighted by molar-refractivity contribution is -0.127. The summed E-state index contributed by atoms with van der Waals surface area (Å²) in [4.78, 5) is 9.25. The van der Waals surface area contributed by atoms with E-state index in [-0.39, 0.29) is 19.0 Å². The van der Waals surface area contributed by atoms with Crippen molar-refractivity contribution in [1.82, 2.24) is 0 Å². The van der Waals surface area contributed by atoms with Gasteiger partial charge in [0.25, 0.3) is 6.47 Å². The van der Waals surface area contributed by atoms with Gasteiger partial charge in [-0.1, -0.05) is 5.92 Å². The molecule has 0 rings (SSSR count). The fourth-order valence-corrected chi connectivity index (χ4v) is 0.0821. The van der Waals surface area contributed by atoms with Crippen LogP contribution in [0, 0.1) is 12.3 Å². The number of hydrogen-bond donors (Lipinski definition) is 0. The van der Waals surface area contributed by atoms with E-state index in [1.165, 1.54) is 0 Å². The number of carbonyl (C=O) groups excluding carboxylic acids is 1. The molecule has 0 N–H and O–H groups in total. The highest BCUT2D eigenvalue weighted by Gasteiger charge is 1.65. The van der Waals surface area contributed by atoms with Crippen LogP contribution in [0.25, 0.3) is 0 Å². The molecule has 0 saturated carbocycles. The SMILES string of the molecule is C#CCOC=O.Cl. The number of rotatable bonds is 2. The van der Waals surface area contributed by atoms with Crippen LogP contribution in [0.1, 0.15) is 0 Å². The Morgan fingerprint density at radius 3 is 2.57 bits per heavy atom. The van der Waals surface area contributed by atoms with Gasteiger partial charge in [-0.2, -0.15) is 0 Å². The molecule has 0 aliphatic heterocycles. The number of ether oxygens (including phenoxy) is 1. The van der Waals surface area contributed by atoms with E-state index in [1.807, 2.05) is 0 Å². The Morgan fingerprint density at radius 2 is 2.43 bits per heavy atom. The number of halogens is 1. The molecule has 0 aliphatic rings. The highest BCUT2D eigenvalue weighted by Crippen LogP contribution is 1.56. The lowest BCUT2D eigenvalue weighted by Gasteiger charge is -1.79. The van der Waals surface area contributed by atoms with E-state index < -0.39 is 0 Å². The standard InChI is InChI=1S/C4H4O2.ClH/c1-2-3-6-4-5;/h1,4H,3H2;1H. The zero-order chi connectivity index (χ0) is 4.83. The molecule has 7 heavy (non-hydrogen) atoms. The maximum absolute atomic E-state index is 9.25. The number of terminal acetylenes is 1. The molecule has 2 nitrogen and oxygen atoms in total. The lowest BCUT2D eigenvalue weighted by Crippen LogP contribution is -1.83. The Hall–Kier alpha value is -0.680. The van der Waals surface area contributed by atoms with E-state index in [2.05, 4.69) is 17.1 Å². The van der Waals surface area contributed by atoms with E-state index in [9.17, 15) is 4.79 Å². The summed E-state index contributed by atoms with van der Waals surface area (Å²) in [5.74, 6) is 2.12. The topological polar surface area (TPSA) is 26.3 Å².